The number of rotatable bonds is 4. The Morgan fingerprint density at radius 3 is 2.43 bits per heavy atom. The third-order valence-corrected chi connectivity index (χ3v) is 3.58. The van der Waals surface area contributed by atoms with Crippen LogP contribution in [-0.2, 0) is 0 Å². The van der Waals surface area contributed by atoms with E-state index in [1.807, 2.05) is 6.92 Å². The van der Waals surface area contributed by atoms with Crippen LogP contribution in [0.5, 0.6) is 0 Å². The zero-order chi connectivity index (χ0) is 15.6. The average Bonchev–Trinajstić information content (AvgIpc) is 2.40. The molecule has 1 amide bonds. The Kier molecular flexibility index (Phi) is 4.28. The second-order valence-corrected chi connectivity index (χ2v) is 5.39. The zero-order valence-electron chi connectivity index (χ0n) is 11.2. The minimum absolute atomic E-state index is 0.173. The molecule has 5 nitrogen and oxygen atoms in total. The quantitative estimate of drug-likeness (QED) is 0.790. The van der Waals surface area contributed by atoms with Gasteiger partial charge in [0.2, 0.25) is 0 Å². The molecule has 0 spiro atoms. The minimum Gasteiger partial charge on any atom is -0.478 e. The van der Waals surface area contributed by atoms with Crippen molar-refractivity contribution >= 4 is 39.2 Å². The maximum Gasteiger partial charge on any atom is 0.335 e. The number of primary amides is 1. The molecule has 0 aliphatic carbocycles. The fourth-order valence-corrected chi connectivity index (χ4v) is 2.35. The summed E-state index contributed by atoms with van der Waals surface area (Å²) in [5.74, 6) is -1.54. The van der Waals surface area contributed by atoms with Gasteiger partial charge in [-0.2, -0.15) is 0 Å². The Hall–Kier alpha value is -2.34. The molecule has 0 radical (unpaired) electrons. The van der Waals surface area contributed by atoms with E-state index in [0.717, 1.165) is 5.56 Å². The number of hydrogen-bond donors (Lipinski definition) is 3. The normalized spacial score (nSPS) is 10.2. The second kappa shape index (κ2) is 5.97. The molecule has 2 aromatic rings. The number of benzene rings is 2. The average molecular weight is 349 g/mol. The number of amides is 1. The summed E-state index contributed by atoms with van der Waals surface area (Å²) in [7, 11) is 0. The molecule has 0 heterocycles. The highest BCUT2D eigenvalue weighted by Gasteiger charge is 2.11. The van der Waals surface area contributed by atoms with Crippen molar-refractivity contribution < 1.29 is 14.7 Å². The second-order valence-electron chi connectivity index (χ2n) is 4.54. The maximum atomic E-state index is 11.4. The van der Waals surface area contributed by atoms with E-state index in [4.69, 9.17) is 10.8 Å². The smallest absolute Gasteiger partial charge is 0.335 e. The van der Waals surface area contributed by atoms with Crippen molar-refractivity contribution in [3.8, 4) is 0 Å². The molecule has 0 aromatic heterocycles. The Labute approximate surface area is 129 Å². The number of nitrogens with one attached hydrogen (secondary N) is 1. The predicted molar refractivity (Wildman–Crippen MR) is 84.1 cm³/mol. The lowest BCUT2D eigenvalue weighted by atomic mass is 10.1. The van der Waals surface area contributed by atoms with Gasteiger partial charge in [0.05, 0.1) is 22.5 Å². The van der Waals surface area contributed by atoms with Crippen molar-refractivity contribution in [2.24, 2.45) is 5.73 Å². The summed E-state index contributed by atoms with van der Waals surface area (Å²) in [4.78, 5) is 22.4. The van der Waals surface area contributed by atoms with E-state index < -0.39 is 11.9 Å². The third kappa shape index (κ3) is 3.41. The number of aryl methyl sites for hydroxylation is 1. The van der Waals surface area contributed by atoms with Gasteiger partial charge in [-0.25, -0.2) is 4.79 Å². The number of carbonyl (C=O) groups excluding carboxylic acids is 1. The van der Waals surface area contributed by atoms with Gasteiger partial charge in [-0.15, -0.1) is 0 Å². The Morgan fingerprint density at radius 1 is 1.14 bits per heavy atom. The van der Waals surface area contributed by atoms with Crippen LogP contribution in [0.2, 0.25) is 0 Å². The molecule has 0 aliphatic rings. The number of anilines is 2. The lowest BCUT2D eigenvalue weighted by Crippen LogP contribution is -2.13. The van der Waals surface area contributed by atoms with Crippen LogP contribution in [0.1, 0.15) is 26.3 Å². The van der Waals surface area contributed by atoms with E-state index in [1.165, 1.54) is 12.1 Å². The molecule has 0 saturated carbocycles. The number of halogens is 1. The van der Waals surface area contributed by atoms with E-state index in [1.54, 1.807) is 24.3 Å². The molecule has 0 unspecified atom stereocenters. The first-order chi connectivity index (χ1) is 9.88. The molecule has 4 N–H and O–H groups in total. The molecular weight excluding hydrogens is 336 g/mol. The van der Waals surface area contributed by atoms with Crippen LogP contribution < -0.4 is 11.1 Å². The molecule has 0 fully saturated rings. The summed E-state index contributed by atoms with van der Waals surface area (Å²) in [6.07, 6.45) is 0. The van der Waals surface area contributed by atoms with Crippen LogP contribution >= 0.6 is 15.9 Å². The van der Waals surface area contributed by atoms with Gasteiger partial charge in [0.1, 0.15) is 0 Å². The zero-order valence-corrected chi connectivity index (χ0v) is 12.8. The molecule has 2 rings (SSSR count). The fourth-order valence-electron chi connectivity index (χ4n) is 1.87. The molecule has 0 saturated heterocycles. The third-order valence-electron chi connectivity index (χ3n) is 2.93. The number of aromatic carboxylic acids is 1. The highest BCUT2D eigenvalue weighted by atomic mass is 79.9. The van der Waals surface area contributed by atoms with Crippen molar-refractivity contribution in [2.75, 3.05) is 5.32 Å². The largest absolute Gasteiger partial charge is 0.478 e. The van der Waals surface area contributed by atoms with E-state index in [-0.39, 0.29) is 5.56 Å². The summed E-state index contributed by atoms with van der Waals surface area (Å²) >= 11 is 3.31. The Balaban J connectivity index is 2.40. The molecule has 0 bridgehead atoms. The molecule has 0 aliphatic heterocycles. The Bertz CT molecular complexity index is 729. The lowest BCUT2D eigenvalue weighted by Gasteiger charge is -2.13. The number of carbonyl (C=O) groups is 2. The predicted octanol–water partition coefficient (Wildman–Crippen LogP) is 3.30. The maximum absolute atomic E-state index is 11.4. The summed E-state index contributed by atoms with van der Waals surface area (Å²) in [6.45, 7) is 1.90. The fraction of sp³-hybridized carbons (Fsp3) is 0.0667. The first-order valence-electron chi connectivity index (χ1n) is 6.09. The van der Waals surface area contributed by atoms with Crippen molar-refractivity contribution in [2.45, 2.75) is 6.92 Å². The van der Waals surface area contributed by atoms with Gasteiger partial charge in [-0.3, -0.25) is 4.79 Å². The topological polar surface area (TPSA) is 92.4 Å². The summed E-state index contributed by atoms with van der Waals surface area (Å²) in [5.41, 5.74) is 8.09. The van der Waals surface area contributed by atoms with E-state index >= 15 is 0 Å². The van der Waals surface area contributed by atoms with Crippen molar-refractivity contribution in [1.82, 2.24) is 0 Å². The van der Waals surface area contributed by atoms with Gasteiger partial charge < -0.3 is 16.2 Å². The van der Waals surface area contributed by atoms with E-state index in [2.05, 4.69) is 21.2 Å². The SMILES string of the molecule is Cc1ccc(C(N)=O)c(Nc2ccc(C(=O)O)cc2Br)c1. The van der Waals surface area contributed by atoms with Gasteiger partial charge in [0, 0.05) is 4.47 Å². The van der Waals surface area contributed by atoms with Crippen LogP contribution in [0.15, 0.2) is 40.9 Å². The minimum atomic E-state index is -1.00. The Morgan fingerprint density at radius 2 is 1.86 bits per heavy atom. The molecule has 108 valence electrons. The van der Waals surface area contributed by atoms with Crippen LogP contribution in [0, 0.1) is 6.92 Å². The van der Waals surface area contributed by atoms with E-state index in [0.29, 0.717) is 21.4 Å². The van der Waals surface area contributed by atoms with Crippen molar-refractivity contribution in [3.05, 3.63) is 57.6 Å². The summed E-state index contributed by atoms with van der Waals surface area (Å²) < 4.78 is 0.583. The van der Waals surface area contributed by atoms with Crippen molar-refractivity contribution in [1.29, 1.82) is 0 Å². The van der Waals surface area contributed by atoms with Gasteiger partial charge in [-0.1, -0.05) is 6.07 Å². The summed E-state index contributed by atoms with van der Waals surface area (Å²) in [5, 5.41) is 12.0. The highest BCUT2D eigenvalue weighted by Crippen LogP contribution is 2.29. The van der Waals surface area contributed by atoms with E-state index in [9.17, 15) is 9.59 Å². The van der Waals surface area contributed by atoms with Gasteiger partial charge in [-0.05, 0) is 58.7 Å². The first-order valence-corrected chi connectivity index (χ1v) is 6.88. The number of nitrogens with two attached hydrogens (primary N) is 1. The van der Waals surface area contributed by atoms with Crippen LogP contribution in [0.3, 0.4) is 0 Å². The number of carboxylic acids is 1. The molecule has 2 aromatic carbocycles. The molecule has 21 heavy (non-hydrogen) atoms. The molecule has 0 atom stereocenters. The summed E-state index contributed by atoms with van der Waals surface area (Å²) in [6, 6.07) is 9.85. The van der Waals surface area contributed by atoms with Gasteiger partial charge >= 0.3 is 5.97 Å². The molecule has 6 heteroatoms. The van der Waals surface area contributed by atoms with Crippen LogP contribution in [0.4, 0.5) is 11.4 Å². The van der Waals surface area contributed by atoms with Gasteiger partial charge in [0.25, 0.3) is 5.91 Å². The van der Waals surface area contributed by atoms with Crippen LogP contribution in [-0.4, -0.2) is 17.0 Å². The first kappa shape index (κ1) is 15.1. The molecular formula is C15H13BrN2O3. The van der Waals surface area contributed by atoms with Crippen molar-refractivity contribution in [3.63, 3.8) is 0 Å². The number of carboxylic acid groups (broad SMARTS) is 1. The highest BCUT2D eigenvalue weighted by molar-refractivity contribution is 9.10. The monoisotopic (exact) mass is 348 g/mol. The van der Waals surface area contributed by atoms with Crippen LogP contribution in [0.25, 0.3) is 0 Å². The lowest BCUT2D eigenvalue weighted by molar-refractivity contribution is 0.0696. The standard InChI is InChI=1S/C15H13BrN2O3/c1-8-2-4-10(14(17)19)13(6-8)18-12-5-3-9(15(20)21)7-11(12)16/h2-7,18H,1H3,(H2,17,19)(H,20,21). The number of hydrogen-bond acceptors (Lipinski definition) is 3. The van der Waals surface area contributed by atoms with Gasteiger partial charge in [0.15, 0.2) is 0 Å².